The molecule has 0 saturated heterocycles. The van der Waals surface area contributed by atoms with Crippen molar-refractivity contribution in [3.8, 4) is 0 Å². The molecule has 2 aliphatic carbocycles. The molecule has 0 aromatic heterocycles. The average molecular weight is 224 g/mol. The summed E-state index contributed by atoms with van der Waals surface area (Å²) in [5, 5.41) is 9.25. The molecule has 0 amide bonds. The molecule has 2 saturated carbocycles. The van der Waals surface area contributed by atoms with Crippen molar-refractivity contribution in [2.24, 2.45) is 23.7 Å². The Labute approximate surface area is 96.2 Å². The summed E-state index contributed by atoms with van der Waals surface area (Å²) in [5.41, 5.74) is 0. The fraction of sp³-hybridized carbons (Fsp3) is 0.846. The normalized spacial score (nSPS) is 39.6. The molecule has 2 rings (SSSR count). The van der Waals surface area contributed by atoms with Gasteiger partial charge in [-0.15, -0.1) is 0 Å². The lowest BCUT2D eigenvalue weighted by atomic mass is 9.61. The van der Waals surface area contributed by atoms with Crippen molar-refractivity contribution in [1.29, 1.82) is 0 Å². The van der Waals surface area contributed by atoms with E-state index in [-0.39, 0.29) is 35.9 Å². The Kier molecular flexibility index (Phi) is 3.43. The zero-order chi connectivity index (χ0) is 11.7. The number of aliphatic hydroxyl groups excluding tert-OH is 1. The van der Waals surface area contributed by atoms with E-state index in [0.717, 1.165) is 19.3 Å². The first-order valence-electron chi connectivity index (χ1n) is 6.33. The van der Waals surface area contributed by atoms with Crippen LogP contribution < -0.4 is 0 Å². The minimum Gasteiger partial charge on any atom is -0.396 e. The van der Waals surface area contributed by atoms with Crippen molar-refractivity contribution in [3.05, 3.63) is 0 Å². The quantitative estimate of drug-likeness (QED) is 0.774. The maximum Gasteiger partial charge on any atom is 0.137 e. The monoisotopic (exact) mass is 224 g/mol. The summed E-state index contributed by atoms with van der Waals surface area (Å²) in [5.74, 6) is 0.953. The number of aliphatic hydroxyl groups is 1. The van der Waals surface area contributed by atoms with Crippen molar-refractivity contribution in [2.75, 3.05) is 6.61 Å². The molecule has 2 fully saturated rings. The van der Waals surface area contributed by atoms with Crippen molar-refractivity contribution in [2.45, 2.75) is 39.0 Å². The van der Waals surface area contributed by atoms with Crippen LogP contribution in [0.2, 0.25) is 0 Å². The molecular weight excluding hydrogens is 204 g/mol. The van der Waals surface area contributed by atoms with Gasteiger partial charge in [-0.25, -0.2) is 0 Å². The van der Waals surface area contributed by atoms with Gasteiger partial charge in [0.25, 0.3) is 0 Å². The maximum atomic E-state index is 11.9. The van der Waals surface area contributed by atoms with E-state index < -0.39 is 0 Å². The summed E-state index contributed by atoms with van der Waals surface area (Å²) in [6.45, 7) is 2.23. The topological polar surface area (TPSA) is 54.4 Å². The van der Waals surface area contributed by atoms with Gasteiger partial charge < -0.3 is 5.11 Å². The van der Waals surface area contributed by atoms with Gasteiger partial charge in [-0.05, 0) is 24.7 Å². The number of carbonyl (C=O) groups excluding carboxylic acids is 2. The summed E-state index contributed by atoms with van der Waals surface area (Å²) < 4.78 is 0. The highest BCUT2D eigenvalue weighted by molar-refractivity contribution is 5.96. The Balaban J connectivity index is 2.21. The third kappa shape index (κ3) is 1.93. The first kappa shape index (κ1) is 11.8. The van der Waals surface area contributed by atoms with Gasteiger partial charge in [0, 0.05) is 31.3 Å². The van der Waals surface area contributed by atoms with Crippen LogP contribution in [0.5, 0.6) is 0 Å². The third-order valence-electron chi connectivity index (χ3n) is 4.35. The third-order valence-corrected chi connectivity index (χ3v) is 4.35. The molecule has 0 radical (unpaired) electrons. The summed E-state index contributed by atoms with van der Waals surface area (Å²) in [7, 11) is 0. The van der Waals surface area contributed by atoms with Gasteiger partial charge in [0.1, 0.15) is 11.6 Å². The molecule has 90 valence electrons. The Bertz CT molecular complexity index is 298. The highest BCUT2D eigenvalue weighted by Crippen LogP contribution is 2.44. The van der Waals surface area contributed by atoms with Gasteiger partial charge >= 0.3 is 0 Å². The highest BCUT2D eigenvalue weighted by Gasteiger charge is 2.45. The van der Waals surface area contributed by atoms with E-state index in [4.69, 9.17) is 0 Å². The SMILES string of the molecule is CC[C@H]1C[C@@H](CO)C[C@H]2C(=O)CCC(=O)[C@@H]12. The number of Topliss-reactive ketones (excluding diaryl/α,β-unsaturated/α-hetero) is 2. The van der Waals surface area contributed by atoms with E-state index in [1.165, 1.54) is 0 Å². The molecule has 0 aliphatic heterocycles. The molecular formula is C13H20O3. The smallest absolute Gasteiger partial charge is 0.137 e. The lowest BCUT2D eigenvalue weighted by Crippen LogP contribution is -2.45. The van der Waals surface area contributed by atoms with Crippen molar-refractivity contribution < 1.29 is 14.7 Å². The van der Waals surface area contributed by atoms with E-state index in [1.54, 1.807) is 0 Å². The average Bonchev–Trinajstić information content (AvgIpc) is 2.32. The van der Waals surface area contributed by atoms with Gasteiger partial charge in [0.05, 0.1) is 0 Å². The minimum atomic E-state index is -0.0860. The first-order valence-corrected chi connectivity index (χ1v) is 6.33. The Morgan fingerprint density at radius 3 is 2.50 bits per heavy atom. The number of carbonyl (C=O) groups is 2. The molecule has 0 heterocycles. The van der Waals surface area contributed by atoms with Crippen molar-refractivity contribution >= 4 is 11.6 Å². The number of hydrogen-bond acceptors (Lipinski definition) is 3. The van der Waals surface area contributed by atoms with Crippen LogP contribution in [0.1, 0.15) is 39.0 Å². The van der Waals surface area contributed by atoms with Crippen molar-refractivity contribution in [1.82, 2.24) is 0 Å². The molecule has 0 spiro atoms. The van der Waals surface area contributed by atoms with Gasteiger partial charge in [-0.1, -0.05) is 13.3 Å². The molecule has 3 nitrogen and oxygen atoms in total. The predicted molar refractivity (Wildman–Crippen MR) is 59.8 cm³/mol. The fourth-order valence-corrected chi connectivity index (χ4v) is 3.49. The van der Waals surface area contributed by atoms with Crippen LogP contribution in [-0.4, -0.2) is 23.3 Å². The van der Waals surface area contributed by atoms with Crippen LogP contribution in [0, 0.1) is 23.7 Å². The second kappa shape index (κ2) is 4.66. The second-order valence-electron chi connectivity index (χ2n) is 5.25. The van der Waals surface area contributed by atoms with Crippen LogP contribution in [0.25, 0.3) is 0 Å². The standard InChI is InChI=1S/C13H20O3/c1-2-9-5-8(7-14)6-10-11(15)3-4-12(16)13(9)10/h8-10,13-14H,2-7H2,1H3/t8-,9+,10+,13+/m1/s1. The van der Waals surface area contributed by atoms with Crippen LogP contribution in [-0.2, 0) is 9.59 Å². The molecule has 0 aromatic rings. The fourth-order valence-electron chi connectivity index (χ4n) is 3.49. The minimum absolute atomic E-state index is 0.0333. The molecule has 2 aliphatic rings. The van der Waals surface area contributed by atoms with Gasteiger partial charge in [-0.3, -0.25) is 9.59 Å². The first-order chi connectivity index (χ1) is 7.67. The second-order valence-corrected chi connectivity index (χ2v) is 5.25. The predicted octanol–water partition coefficient (Wildman–Crippen LogP) is 1.58. The Hall–Kier alpha value is -0.700. The van der Waals surface area contributed by atoms with Gasteiger partial charge in [0.2, 0.25) is 0 Å². The summed E-state index contributed by atoms with van der Waals surface area (Å²) in [4.78, 5) is 23.8. The zero-order valence-corrected chi connectivity index (χ0v) is 9.82. The van der Waals surface area contributed by atoms with E-state index >= 15 is 0 Å². The number of rotatable bonds is 2. The molecule has 1 N–H and O–H groups in total. The largest absolute Gasteiger partial charge is 0.396 e. The zero-order valence-electron chi connectivity index (χ0n) is 9.82. The number of fused-ring (bicyclic) bond motifs is 1. The van der Waals surface area contributed by atoms with Crippen LogP contribution >= 0.6 is 0 Å². The lowest BCUT2D eigenvalue weighted by molar-refractivity contribution is -0.143. The molecule has 4 atom stereocenters. The molecule has 0 bridgehead atoms. The molecule has 0 aromatic carbocycles. The lowest BCUT2D eigenvalue weighted by Gasteiger charge is -2.42. The molecule has 16 heavy (non-hydrogen) atoms. The Morgan fingerprint density at radius 1 is 1.19 bits per heavy atom. The Morgan fingerprint density at radius 2 is 1.88 bits per heavy atom. The van der Waals surface area contributed by atoms with Crippen molar-refractivity contribution in [3.63, 3.8) is 0 Å². The van der Waals surface area contributed by atoms with Crippen LogP contribution in [0.4, 0.5) is 0 Å². The summed E-state index contributed by atoms with van der Waals surface area (Å²) in [6, 6.07) is 0. The molecule has 3 heteroatoms. The summed E-state index contributed by atoms with van der Waals surface area (Å²) in [6.07, 6.45) is 3.45. The van der Waals surface area contributed by atoms with Gasteiger partial charge in [0.15, 0.2) is 0 Å². The summed E-state index contributed by atoms with van der Waals surface area (Å²) >= 11 is 0. The van der Waals surface area contributed by atoms with Crippen LogP contribution in [0.3, 0.4) is 0 Å². The van der Waals surface area contributed by atoms with Crippen LogP contribution in [0.15, 0.2) is 0 Å². The number of hydrogen-bond donors (Lipinski definition) is 1. The highest BCUT2D eigenvalue weighted by atomic mass is 16.3. The van der Waals surface area contributed by atoms with Gasteiger partial charge in [-0.2, -0.15) is 0 Å². The van der Waals surface area contributed by atoms with E-state index in [0.29, 0.717) is 18.8 Å². The number of ketones is 2. The van der Waals surface area contributed by atoms with E-state index in [9.17, 15) is 14.7 Å². The van der Waals surface area contributed by atoms with E-state index in [2.05, 4.69) is 6.92 Å². The van der Waals surface area contributed by atoms with E-state index in [1.807, 2.05) is 0 Å². The maximum absolute atomic E-state index is 11.9. The molecule has 0 unspecified atom stereocenters.